The first kappa shape index (κ1) is 14.4. The van der Waals surface area contributed by atoms with E-state index in [0.717, 1.165) is 11.7 Å². The molecule has 0 spiro atoms. The predicted octanol–water partition coefficient (Wildman–Crippen LogP) is 3.84. The Labute approximate surface area is 107 Å². The maximum absolute atomic E-state index is 4.31. The second kappa shape index (κ2) is 6.90. The average molecular weight is 243 g/mol. The van der Waals surface area contributed by atoms with Crippen molar-refractivity contribution in [1.29, 1.82) is 0 Å². The lowest BCUT2D eigenvalue weighted by Gasteiger charge is -2.24. The summed E-state index contributed by atoms with van der Waals surface area (Å²) in [5.41, 5.74) is 0.575. The number of likely N-dealkylation sites (tertiary alicyclic amines) is 1. The van der Waals surface area contributed by atoms with Gasteiger partial charge in [-0.25, -0.2) is 0 Å². The first-order valence-corrected chi connectivity index (χ1v) is 7.50. The molecule has 0 aliphatic carbocycles. The van der Waals surface area contributed by atoms with Crippen LogP contribution in [-0.2, 0) is 0 Å². The van der Waals surface area contributed by atoms with Crippen molar-refractivity contribution in [2.24, 2.45) is 11.3 Å². The summed E-state index contributed by atoms with van der Waals surface area (Å²) in [6, 6.07) is 0. The van der Waals surface area contributed by atoms with Gasteiger partial charge in [0.15, 0.2) is 0 Å². The zero-order chi connectivity index (χ0) is 12.0. The van der Waals surface area contributed by atoms with Gasteiger partial charge in [-0.05, 0) is 68.8 Å². The molecule has 16 heavy (non-hydrogen) atoms. The zero-order valence-corrected chi connectivity index (χ0v) is 12.2. The molecular weight excluding hydrogens is 214 g/mol. The molecule has 1 nitrogen and oxygen atoms in total. The highest BCUT2D eigenvalue weighted by atomic mass is 32.1. The van der Waals surface area contributed by atoms with Crippen LogP contribution in [0.2, 0.25) is 0 Å². The smallest absolute Gasteiger partial charge is 0.00136 e. The molecular formula is C14H29NS. The van der Waals surface area contributed by atoms with Crippen LogP contribution in [0.1, 0.15) is 52.9 Å². The number of hydrogen-bond donors (Lipinski definition) is 1. The minimum atomic E-state index is 0.575. The quantitative estimate of drug-likeness (QED) is 0.718. The molecule has 1 atom stereocenters. The molecule has 1 unspecified atom stereocenters. The maximum Gasteiger partial charge on any atom is -0.00136 e. The lowest BCUT2D eigenvalue weighted by atomic mass is 9.85. The Bertz CT molecular complexity index is 191. The molecule has 2 heteroatoms. The van der Waals surface area contributed by atoms with Crippen LogP contribution in [0.25, 0.3) is 0 Å². The Morgan fingerprint density at radius 1 is 1.19 bits per heavy atom. The van der Waals surface area contributed by atoms with Gasteiger partial charge in [-0.3, -0.25) is 0 Å². The molecule has 0 amide bonds. The van der Waals surface area contributed by atoms with Gasteiger partial charge in [-0.1, -0.05) is 20.8 Å². The van der Waals surface area contributed by atoms with E-state index in [4.69, 9.17) is 0 Å². The van der Waals surface area contributed by atoms with Crippen molar-refractivity contribution in [3.63, 3.8) is 0 Å². The minimum absolute atomic E-state index is 0.575. The summed E-state index contributed by atoms with van der Waals surface area (Å²) in [5.74, 6) is 1.88. The summed E-state index contributed by atoms with van der Waals surface area (Å²) in [6.07, 6.45) is 6.76. The molecule has 1 heterocycles. The van der Waals surface area contributed by atoms with Crippen molar-refractivity contribution in [3.8, 4) is 0 Å². The van der Waals surface area contributed by atoms with E-state index in [1.54, 1.807) is 0 Å². The van der Waals surface area contributed by atoms with Crippen molar-refractivity contribution in [3.05, 3.63) is 0 Å². The van der Waals surface area contributed by atoms with Gasteiger partial charge in [0.05, 0.1) is 0 Å². The summed E-state index contributed by atoms with van der Waals surface area (Å²) >= 11 is 4.31. The van der Waals surface area contributed by atoms with Crippen LogP contribution in [0.15, 0.2) is 0 Å². The van der Waals surface area contributed by atoms with Gasteiger partial charge in [0.25, 0.3) is 0 Å². The highest BCUT2D eigenvalue weighted by molar-refractivity contribution is 7.80. The van der Waals surface area contributed by atoms with Gasteiger partial charge in [0, 0.05) is 0 Å². The standard InChI is InChI=1S/C14H29NS/c1-13(6-12-16)5-10-15-9-4-7-14(2,3)8-11-15/h13,16H,4-12H2,1-3H3. The fourth-order valence-electron chi connectivity index (χ4n) is 2.47. The van der Waals surface area contributed by atoms with Gasteiger partial charge in [-0.2, -0.15) is 12.6 Å². The number of hydrogen-bond acceptors (Lipinski definition) is 2. The molecule has 0 aromatic heterocycles. The average Bonchev–Trinajstić information content (AvgIpc) is 2.37. The van der Waals surface area contributed by atoms with E-state index in [1.165, 1.54) is 51.7 Å². The molecule has 1 aliphatic rings. The number of rotatable bonds is 5. The summed E-state index contributed by atoms with van der Waals surface area (Å²) < 4.78 is 0. The third-order valence-corrected chi connectivity index (χ3v) is 4.25. The van der Waals surface area contributed by atoms with Crippen LogP contribution >= 0.6 is 12.6 Å². The predicted molar refractivity (Wildman–Crippen MR) is 76.3 cm³/mol. The topological polar surface area (TPSA) is 3.24 Å². The van der Waals surface area contributed by atoms with Gasteiger partial charge in [0.1, 0.15) is 0 Å². The Balaban J connectivity index is 2.22. The lowest BCUT2D eigenvalue weighted by molar-refractivity contribution is 0.247. The van der Waals surface area contributed by atoms with E-state index in [1.807, 2.05) is 0 Å². The summed E-state index contributed by atoms with van der Waals surface area (Å²) in [4.78, 5) is 2.67. The highest BCUT2D eigenvalue weighted by Gasteiger charge is 2.22. The van der Waals surface area contributed by atoms with E-state index in [2.05, 4.69) is 38.3 Å². The van der Waals surface area contributed by atoms with E-state index in [-0.39, 0.29) is 0 Å². The number of nitrogens with zero attached hydrogens (tertiary/aromatic N) is 1. The molecule has 1 aliphatic heterocycles. The van der Waals surface area contributed by atoms with Gasteiger partial charge < -0.3 is 4.90 Å². The molecule has 0 radical (unpaired) electrons. The van der Waals surface area contributed by atoms with Gasteiger partial charge in [0.2, 0.25) is 0 Å². The van der Waals surface area contributed by atoms with Crippen molar-refractivity contribution >= 4 is 12.6 Å². The third kappa shape index (κ3) is 5.58. The molecule has 1 saturated heterocycles. The summed E-state index contributed by atoms with van der Waals surface area (Å²) in [7, 11) is 0. The van der Waals surface area contributed by atoms with Crippen LogP contribution in [0.5, 0.6) is 0 Å². The van der Waals surface area contributed by atoms with E-state index in [0.29, 0.717) is 5.41 Å². The first-order chi connectivity index (χ1) is 7.53. The first-order valence-electron chi connectivity index (χ1n) is 6.87. The fraction of sp³-hybridized carbons (Fsp3) is 1.00. The summed E-state index contributed by atoms with van der Waals surface area (Å²) in [5, 5.41) is 0. The molecule has 1 fully saturated rings. The van der Waals surface area contributed by atoms with E-state index >= 15 is 0 Å². The van der Waals surface area contributed by atoms with Crippen LogP contribution in [0.4, 0.5) is 0 Å². The van der Waals surface area contributed by atoms with Crippen LogP contribution in [0.3, 0.4) is 0 Å². The van der Waals surface area contributed by atoms with Crippen LogP contribution < -0.4 is 0 Å². The largest absolute Gasteiger partial charge is 0.303 e. The normalized spacial score (nSPS) is 24.0. The van der Waals surface area contributed by atoms with Crippen molar-refractivity contribution < 1.29 is 0 Å². The Hall–Kier alpha value is 0.310. The van der Waals surface area contributed by atoms with Crippen molar-refractivity contribution in [1.82, 2.24) is 4.90 Å². The zero-order valence-electron chi connectivity index (χ0n) is 11.3. The van der Waals surface area contributed by atoms with Gasteiger partial charge in [-0.15, -0.1) is 0 Å². The second-order valence-corrected chi connectivity index (χ2v) is 6.71. The van der Waals surface area contributed by atoms with Crippen molar-refractivity contribution in [2.75, 3.05) is 25.4 Å². The Kier molecular flexibility index (Phi) is 6.20. The fourth-order valence-corrected chi connectivity index (χ4v) is 2.91. The van der Waals surface area contributed by atoms with Crippen LogP contribution in [-0.4, -0.2) is 30.3 Å². The van der Waals surface area contributed by atoms with Crippen molar-refractivity contribution in [2.45, 2.75) is 52.9 Å². The molecule has 0 N–H and O–H groups in total. The molecule has 0 bridgehead atoms. The van der Waals surface area contributed by atoms with Crippen LogP contribution in [0, 0.1) is 11.3 Å². The third-order valence-electron chi connectivity index (χ3n) is 3.99. The van der Waals surface area contributed by atoms with Gasteiger partial charge >= 0.3 is 0 Å². The van der Waals surface area contributed by atoms with E-state index in [9.17, 15) is 0 Å². The molecule has 96 valence electrons. The summed E-state index contributed by atoms with van der Waals surface area (Å²) in [6.45, 7) is 11.1. The molecule has 0 aromatic carbocycles. The lowest BCUT2D eigenvalue weighted by Crippen LogP contribution is -2.27. The Morgan fingerprint density at radius 2 is 1.94 bits per heavy atom. The van der Waals surface area contributed by atoms with E-state index < -0.39 is 0 Å². The molecule has 0 aromatic rings. The molecule has 0 saturated carbocycles. The second-order valence-electron chi connectivity index (χ2n) is 6.27. The number of thiol groups is 1. The Morgan fingerprint density at radius 3 is 2.62 bits per heavy atom. The molecule has 1 rings (SSSR count). The highest BCUT2D eigenvalue weighted by Crippen LogP contribution is 2.29. The monoisotopic (exact) mass is 243 g/mol. The maximum atomic E-state index is 4.31. The minimum Gasteiger partial charge on any atom is -0.303 e. The SMILES string of the molecule is CC(CCS)CCN1CCCC(C)(C)CC1.